The van der Waals surface area contributed by atoms with Gasteiger partial charge in [0.2, 0.25) is 11.8 Å². The summed E-state index contributed by atoms with van der Waals surface area (Å²) in [5.41, 5.74) is -2.46. The molecule has 3 heterocycles. The van der Waals surface area contributed by atoms with E-state index in [2.05, 4.69) is 17.1 Å². The van der Waals surface area contributed by atoms with E-state index in [-0.39, 0.29) is 55.7 Å². The number of methoxy groups -OCH3 is 1. The molecule has 0 saturated carbocycles. The number of hydrogen-bond acceptors (Lipinski definition) is 11. The van der Waals surface area contributed by atoms with Crippen molar-refractivity contribution >= 4 is 11.8 Å². The number of rotatable bonds is 8. The number of nitrogens with one attached hydrogen (secondary N) is 1. The average Bonchev–Trinajstić information content (AvgIpc) is 3.00. The Balaban J connectivity index is 2.06. The minimum atomic E-state index is -1.50. The maximum atomic E-state index is 13.7. The Bertz CT molecular complexity index is 1050. The third-order valence-electron chi connectivity index (χ3n) is 10.7. The van der Waals surface area contributed by atoms with E-state index >= 15 is 0 Å². The van der Waals surface area contributed by atoms with Gasteiger partial charge in [-0.3, -0.25) is 9.59 Å². The van der Waals surface area contributed by atoms with E-state index in [4.69, 9.17) is 23.7 Å². The second-order valence-corrected chi connectivity index (χ2v) is 15.3. The van der Waals surface area contributed by atoms with Gasteiger partial charge in [-0.2, -0.15) is 0 Å². The molecule has 280 valence electrons. The normalized spacial score (nSPS) is 44.4. The van der Waals surface area contributed by atoms with Gasteiger partial charge in [0.1, 0.15) is 12.2 Å². The molecular weight excluding hydrogens is 622 g/mol. The van der Waals surface area contributed by atoms with Crippen LogP contribution in [0.4, 0.5) is 0 Å². The molecule has 0 aliphatic carbocycles. The van der Waals surface area contributed by atoms with Crippen LogP contribution >= 0.6 is 0 Å². The number of nitrogens with zero attached hydrogens (tertiary/aromatic N) is 2. The lowest BCUT2D eigenvalue weighted by Gasteiger charge is -2.49. The molecule has 3 aliphatic heterocycles. The van der Waals surface area contributed by atoms with Gasteiger partial charge < -0.3 is 54.1 Å². The smallest absolute Gasteiger partial charge is 0.225 e. The summed E-state index contributed by atoms with van der Waals surface area (Å²) in [5.74, 6) is -1.96. The molecule has 13 nitrogen and oxygen atoms in total. The molecule has 4 N–H and O–H groups in total. The van der Waals surface area contributed by atoms with Crippen LogP contribution in [0.5, 0.6) is 0 Å². The van der Waals surface area contributed by atoms with Gasteiger partial charge in [0.05, 0.1) is 41.5 Å². The highest BCUT2D eigenvalue weighted by molar-refractivity contribution is 5.80. The number of aliphatic hydroxyl groups excluding tert-OH is 2. The Kier molecular flexibility index (Phi) is 14.7. The molecule has 3 saturated heterocycles. The molecule has 48 heavy (non-hydrogen) atoms. The molecule has 3 rings (SSSR count). The highest BCUT2D eigenvalue weighted by atomic mass is 16.7. The summed E-state index contributed by atoms with van der Waals surface area (Å²) < 4.78 is 31.4. The largest absolute Gasteiger partial charge is 0.387 e. The predicted molar refractivity (Wildman–Crippen MR) is 180 cm³/mol. The van der Waals surface area contributed by atoms with Crippen LogP contribution in [-0.2, 0) is 33.3 Å². The molecule has 0 unspecified atom stereocenters. The molecule has 3 fully saturated rings. The maximum Gasteiger partial charge on any atom is 0.225 e. The fourth-order valence-corrected chi connectivity index (χ4v) is 7.97. The van der Waals surface area contributed by atoms with Crippen molar-refractivity contribution in [2.24, 2.45) is 17.8 Å². The lowest BCUT2D eigenvalue weighted by atomic mass is 9.77. The van der Waals surface area contributed by atoms with Crippen LogP contribution in [0.1, 0.15) is 87.5 Å². The second kappa shape index (κ2) is 17.2. The summed E-state index contributed by atoms with van der Waals surface area (Å²) in [4.78, 5) is 30.3. The van der Waals surface area contributed by atoms with Crippen LogP contribution in [0.2, 0.25) is 0 Å². The molecule has 13 heteroatoms. The van der Waals surface area contributed by atoms with E-state index in [0.29, 0.717) is 13.0 Å². The number of ether oxygens (including phenoxy) is 5. The summed E-state index contributed by atoms with van der Waals surface area (Å²) in [7, 11) is 5.23. The average molecular weight is 688 g/mol. The van der Waals surface area contributed by atoms with Crippen LogP contribution in [0.25, 0.3) is 0 Å². The zero-order chi connectivity index (χ0) is 36.1. The van der Waals surface area contributed by atoms with Crippen LogP contribution in [0.3, 0.4) is 0 Å². The molecule has 3 aliphatic rings. The van der Waals surface area contributed by atoms with Gasteiger partial charge in [-0.1, -0.05) is 27.7 Å². The zero-order valence-corrected chi connectivity index (χ0v) is 31.2. The van der Waals surface area contributed by atoms with Crippen molar-refractivity contribution in [2.75, 3.05) is 40.8 Å². The van der Waals surface area contributed by atoms with Gasteiger partial charge in [-0.05, 0) is 66.5 Å². The first-order valence-electron chi connectivity index (χ1n) is 17.8. The summed E-state index contributed by atoms with van der Waals surface area (Å²) in [6.45, 7) is 16.2. The number of carbonyl (C=O) groups is 2. The first kappa shape index (κ1) is 41.0. The third kappa shape index (κ3) is 9.88. The first-order chi connectivity index (χ1) is 22.3. The van der Waals surface area contributed by atoms with Crippen molar-refractivity contribution in [3.63, 3.8) is 0 Å². The zero-order valence-electron chi connectivity index (χ0n) is 31.2. The fourth-order valence-electron chi connectivity index (χ4n) is 7.97. The van der Waals surface area contributed by atoms with E-state index in [1.165, 1.54) is 7.11 Å². The fraction of sp³-hybridized carbons (Fsp3) is 0.943. The van der Waals surface area contributed by atoms with Gasteiger partial charge in [0.15, 0.2) is 12.6 Å². The molecule has 14 atom stereocenters. The maximum absolute atomic E-state index is 13.7. The number of hydrogen-bond donors (Lipinski definition) is 4. The van der Waals surface area contributed by atoms with Crippen LogP contribution in [0, 0.1) is 17.8 Å². The summed E-state index contributed by atoms with van der Waals surface area (Å²) in [5, 5.41) is 37.7. The first-order valence-corrected chi connectivity index (χ1v) is 17.8. The van der Waals surface area contributed by atoms with E-state index in [1.807, 2.05) is 27.8 Å². The van der Waals surface area contributed by atoms with E-state index < -0.39 is 66.1 Å². The van der Waals surface area contributed by atoms with E-state index in [0.717, 1.165) is 13.0 Å². The molecule has 0 bridgehead atoms. The minimum absolute atomic E-state index is 0.113. The minimum Gasteiger partial charge on any atom is -0.387 e. The Hall–Kier alpha value is -1.42. The van der Waals surface area contributed by atoms with E-state index in [1.54, 1.807) is 39.6 Å². The van der Waals surface area contributed by atoms with Gasteiger partial charge in [-0.15, -0.1) is 0 Å². The molecular formula is C35H65N3O10. The SMILES string of the molecule is CCCN(C)[C@H]1C[C@@H](C)O[C@@H](O[C@@H]2[C@@H](C)[C@H](O[C@H]3C[C@@](C)(OC)[C@@H](O)[C@H](C)O3)[C@@H](C)C(=O)NCCC(=O)N(C)C[C@H](C)C[C@@]2(C)O)[C@@H]1O. The Labute approximate surface area is 287 Å². The second-order valence-electron chi connectivity index (χ2n) is 15.3. The highest BCUT2D eigenvalue weighted by Gasteiger charge is 2.51. The number of likely N-dealkylation sites (N-methyl/N-ethyl adjacent to an activating group) is 1. The molecule has 0 radical (unpaired) electrons. The van der Waals surface area contributed by atoms with Crippen LogP contribution in [0.15, 0.2) is 0 Å². The summed E-state index contributed by atoms with van der Waals surface area (Å²) in [6, 6.07) is -0.219. The number of carbonyl (C=O) groups excluding carboxylic acids is 2. The standard InChI is InChI=1S/C35H65N3O10/c1-12-15-37(9)25-16-21(3)45-33(28(25)40)48-31-22(4)29(47-27-18-35(8,44-11)30(41)24(6)46-27)23(5)32(42)36-14-13-26(39)38(10)19-20(2)17-34(31,7)43/h20-25,27-31,33,40-41,43H,12-19H2,1-11H3,(H,36,42)/t20-,21-,22+,23-,24+,25+,27+,28-,29+,30+,31-,33+,34-,35-/m1/s1. The van der Waals surface area contributed by atoms with Crippen molar-refractivity contribution in [1.29, 1.82) is 0 Å². The van der Waals surface area contributed by atoms with Gasteiger partial charge in [0.25, 0.3) is 0 Å². The lowest BCUT2D eigenvalue weighted by Crippen LogP contribution is -2.61. The van der Waals surface area contributed by atoms with Crippen molar-refractivity contribution in [2.45, 2.75) is 154 Å². The van der Waals surface area contributed by atoms with Gasteiger partial charge >= 0.3 is 0 Å². The Morgan fingerprint density at radius 2 is 1.73 bits per heavy atom. The summed E-state index contributed by atoms with van der Waals surface area (Å²) >= 11 is 0. The molecule has 0 aromatic rings. The number of aliphatic hydroxyl groups is 3. The summed E-state index contributed by atoms with van der Waals surface area (Å²) in [6.07, 6.45) is -4.34. The van der Waals surface area contributed by atoms with Crippen LogP contribution in [-0.4, -0.2) is 144 Å². The van der Waals surface area contributed by atoms with Gasteiger partial charge in [0, 0.05) is 52.0 Å². The third-order valence-corrected chi connectivity index (χ3v) is 10.7. The van der Waals surface area contributed by atoms with Crippen LogP contribution < -0.4 is 5.32 Å². The molecule has 0 aromatic heterocycles. The molecule has 0 spiro atoms. The number of amides is 2. The van der Waals surface area contributed by atoms with Crippen molar-refractivity contribution in [3.05, 3.63) is 0 Å². The molecule has 2 amide bonds. The monoisotopic (exact) mass is 687 g/mol. The Morgan fingerprint density at radius 1 is 1.06 bits per heavy atom. The topological polar surface area (TPSA) is 159 Å². The molecule has 0 aromatic carbocycles. The van der Waals surface area contributed by atoms with Gasteiger partial charge in [-0.25, -0.2) is 0 Å². The lowest BCUT2D eigenvalue weighted by molar-refractivity contribution is -0.317. The Morgan fingerprint density at radius 3 is 2.35 bits per heavy atom. The quantitative estimate of drug-likeness (QED) is 0.295. The van der Waals surface area contributed by atoms with Crippen molar-refractivity contribution in [1.82, 2.24) is 15.1 Å². The van der Waals surface area contributed by atoms with Crippen molar-refractivity contribution < 1.29 is 48.6 Å². The van der Waals surface area contributed by atoms with Crippen molar-refractivity contribution in [3.8, 4) is 0 Å². The highest BCUT2D eigenvalue weighted by Crippen LogP contribution is 2.39. The van der Waals surface area contributed by atoms with E-state index in [9.17, 15) is 24.9 Å². The predicted octanol–water partition coefficient (Wildman–Crippen LogP) is 1.89.